The minimum atomic E-state index is 0.681. The minimum absolute atomic E-state index is 0.681. The van der Waals surface area contributed by atoms with Gasteiger partial charge in [-0.3, -0.25) is 4.90 Å². The zero-order valence-corrected chi connectivity index (χ0v) is 10.0. The molecule has 0 aromatic heterocycles. The van der Waals surface area contributed by atoms with E-state index in [0.717, 1.165) is 0 Å². The lowest BCUT2D eigenvalue weighted by molar-refractivity contribution is 0.157. The van der Waals surface area contributed by atoms with Crippen LogP contribution in [0.1, 0.15) is 26.2 Å². The Bertz CT molecular complexity index is 178. The predicted octanol–water partition coefficient (Wildman–Crippen LogP) is 0.766. The molecule has 88 valence electrons. The van der Waals surface area contributed by atoms with E-state index in [2.05, 4.69) is 22.0 Å². The fraction of sp³-hybridized carbons (Fsp3) is 1.00. The van der Waals surface area contributed by atoms with Crippen LogP contribution >= 0.6 is 0 Å². The van der Waals surface area contributed by atoms with Crippen molar-refractivity contribution < 1.29 is 0 Å². The van der Waals surface area contributed by atoms with Crippen LogP contribution in [-0.4, -0.2) is 61.7 Å². The van der Waals surface area contributed by atoms with E-state index in [0.29, 0.717) is 6.04 Å². The van der Waals surface area contributed by atoms with Crippen LogP contribution in [0.3, 0.4) is 0 Å². The maximum absolute atomic E-state index is 3.49. The first-order valence-electron chi connectivity index (χ1n) is 6.53. The number of piperidine rings is 1. The van der Waals surface area contributed by atoms with Crippen molar-refractivity contribution in [1.29, 1.82) is 0 Å². The Hall–Kier alpha value is -0.120. The number of rotatable bonds is 3. The van der Waals surface area contributed by atoms with E-state index in [9.17, 15) is 0 Å². The Balaban J connectivity index is 1.63. The van der Waals surface area contributed by atoms with Crippen molar-refractivity contribution in [2.45, 2.75) is 32.2 Å². The molecule has 0 aliphatic carbocycles. The largest absolute Gasteiger partial charge is 0.312 e. The van der Waals surface area contributed by atoms with Crippen LogP contribution < -0.4 is 5.32 Å². The van der Waals surface area contributed by atoms with Gasteiger partial charge in [0.25, 0.3) is 0 Å². The van der Waals surface area contributed by atoms with Gasteiger partial charge < -0.3 is 10.2 Å². The van der Waals surface area contributed by atoms with Crippen LogP contribution in [0.15, 0.2) is 0 Å². The fourth-order valence-electron chi connectivity index (χ4n) is 2.68. The second kappa shape index (κ2) is 5.83. The Morgan fingerprint density at radius 3 is 2.47 bits per heavy atom. The van der Waals surface area contributed by atoms with E-state index >= 15 is 0 Å². The number of nitrogens with zero attached hydrogens (tertiary/aromatic N) is 2. The highest BCUT2D eigenvalue weighted by atomic mass is 15.2. The number of nitrogens with one attached hydrogen (secondary N) is 1. The van der Waals surface area contributed by atoms with Crippen LogP contribution in [0, 0.1) is 0 Å². The maximum Gasteiger partial charge on any atom is 0.0167 e. The summed E-state index contributed by atoms with van der Waals surface area (Å²) in [5.41, 5.74) is 0. The molecule has 0 aromatic carbocycles. The van der Waals surface area contributed by atoms with Gasteiger partial charge in [-0.1, -0.05) is 6.42 Å². The molecule has 2 aliphatic rings. The van der Waals surface area contributed by atoms with Crippen LogP contribution in [0.25, 0.3) is 0 Å². The molecule has 15 heavy (non-hydrogen) atoms. The van der Waals surface area contributed by atoms with E-state index in [1.54, 1.807) is 0 Å². The predicted molar refractivity (Wildman–Crippen MR) is 64.2 cm³/mol. The second-order valence-corrected chi connectivity index (χ2v) is 5.06. The van der Waals surface area contributed by atoms with Crippen LogP contribution in [-0.2, 0) is 0 Å². The number of likely N-dealkylation sites (tertiary alicyclic amines) is 1. The normalized spacial score (nSPS) is 30.6. The molecule has 1 atom stereocenters. The molecule has 0 amide bonds. The summed E-state index contributed by atoms with van der Waals surface area (Å²) < 4.78 is 0. The smallest absolute Gasteiger partial charge is 0.0167 e. The van der Waals surface area contributed by atoms with Gasteiger partial charge in [-0.05, 0) is 32.9 Å². The quantitative estimate of drug-likeness (QED) is 0.744. The van der Waals surface area contributed by atoms with Gasteiger partial charge in [0.15, 0.2) is 0 Å². The summed E-state index contributed by atoms with van der Waals surface area (Å²) >= 11 is 0. The maximum atomic E-state index is 3.49. The first-order valence-corrected chi connectivity index (χ1v) is 6.53. The highest BCUT2D eigenvalue weighted by Crippen LogP contribution is 2.08. The minimum Gasteiger partial charge on any atom is -0.312 e. The molecule has 2 aliphatic heterocycles. The van der Waals surface area contributed by atoms with E-state index in [4.69, 9.17) is 0 Å². The van der Waals surface area contributed by atoms with Crippen LogP contribution in [0.2, 0.25) is 0 Å². The Kier molecular flexibility index (Phi) is 4.42. The molecule has 1 N–H and O–H groups in total. The van der Waals surface area contributed by atoms with Crippen molar-refractivity contribution in [1.82, 2.24) is 15.1 Å². The summed E-state index contributed by atoms with van der Waals surface area (Å²) in [7, 11) is 0. The summed E-state index contributed by atoms with van der Waals surface area (Å²) in [4.78, 5) is 5.24. The van der Waals surface area contributed by atoms with Gasteiger partial charge >= 0.3 is 0 Å². The Labute approximate surface area is 93.8 Å². The van der Waals surface area contributed by atoms with Crippen molar-refractivity contribution >= 4 is 0 Å². The fourth-order valence-corrected chi connectivity index (χ4v) is 2.68. The lowest BCUT2D eigenvalue weighted by Crippen LogP contribution is -2.51. The van der Waals surface area contributed by atoms with Crippen LogP contribution in [0.4, 0.5) is 0 Å². The molecule has 0 aromatic rings. The molecule has 2 fully saturated rings. The summed E-state index contributed by atoms with van der Waals surface area (Å²) in [5, 5.41) is 3.49. The molecule has 2 rings (SSSR count). The third-order valence-corrected chi connectivity index (χ3v) is 3.63. The molecule has 0 saturated carbocycles. The molecular formula is C12H25N3. The van der Waals surface area contributed by atoms with Crippen molar-refractivity contribution in [2.24, 2.45) is 0 Å². The van der Waals surface area contributed by atoms with Gasteiger partial charge in [0.1, 0.15) is 0 Å². The average Bonchev–Trinajstić information content (AvgIpc) is 2.28. The third-order valence-electron chi connectivity index (χ3n) is 3.63. The van der Waals surface area contributed by atoms with Crippen molar-refractivity contribution in [3.63, 3.8) is 0 Å². The van der Waals surface area contributed by atoms with E-state index in [-0.39, 0.29) is 0 Å². The van der Waals surface area contributed by atoms with E-state index < -0.39 is 0 Å². The summed E-state index contributed by atoms with van der Waals surface area (Å²) in [6.45, 7) is 11.1. The van der Waals surface area contributed by atoms with Gasteiger partial charge in [-0.2, -0.15) is 0 Å². The SMILES string of the molecule is C[C@H]1CN(CCN2CCCCC2)CCN1. The highest BCUT2D eigenvalue weighted by Gasteiger charge is 2.16. The van der Waals surface area contributed by atoms with Crippen LogP contribution in [0.5, 0.6) is 0 Å². The van der Waals surface area contributed by atoms with Gasteiger partial charge in [0.2, 0.25) is 0 Å². The highest BCUT2D eigenvalue weighted by molar-refractivity contribution is 4.76. The zero-order valence-electron chi connectivity index (χ0n) is 10.0. The number of piperazine rings is 1. The summed E-state index contributed by atoms with van der Waals surface area (Å²) in [6, 6.07) is 0.681. The molecule has 0 bridgehead atoms. The van der Waals surface area contributed by atoms with E-state index in [1.807, 2.05) is 0 Å². The lowest BCUT2D eigenvalue weighted by Gasteiger charge is -2.34. The van der Waals surface area contributed by atoms with Crippen molar-refractivity contribution in [2.75, 3.05) is 45.8 Å². The number of hydrogen-bond acceptors (Lipinski definition) is 3. The monoisotopic (exact) mass is 211 g/mol. The van der Waals surface area contributed by atoms with Gasteiger partial charge in [-0.25, -0.2) is 0 Å². The average molecular weight is 211 g/mol. The first-order chi connectivity index (χ1) is 7.34. The van der Waals surface area contributed by atoms with Gasteiger partial charge in [-0.15, -0.1) is 0 Å². The van der Waals surface area contributed by atoms with E-state index in [1.165, 1.54) is 65.1 Å². The molecule has 2 heterocycles. The lowest BCUT2D eigenvalue weighted by atomic mass is 10.1. The standard InChI is InChI=1S/C12H25N3/c1-12-11-15(8-5-13-12)10-9-14-6-3-2-4-7-14/h12-13H,2-11H2,1H3/t12-/m0/s1. The van der Waals surface area contributed by atoms with Crippen molar-refractivity contribution in [3.05, 3.63) is 0 Å². The molecule has 3 heteroatoms. The number of hydrogen-bond donors (Lipinski definition) is 1. The summed E-state index contributed by atoms with van der Waals surface area (Å²) in [5.74, 6) is 0. The molecular weight excluding hydrogens is 186 g/mol. The van der Waals surface area contributed by atoms with Crippen molar-refractivity contribution in [3.8, 4) is 0 Å². The first kappa shape index (κ1) is 11.4. The van der Waals surface area contributed by atoms with Gasteiger partial charge in [0.05, 0.1) is 0 Å². The Morgan fingerprint density at radius 2 is 1.73 bits per heavy atom. The molecule has 0 unspecified atom stereocenters. The zero-order chi connectivity index (χ0) is 10.5. The third kappa shape index (κ3) is 3.74. The molecule has 3 nitrogen and oxygen atoms in total. The topological polar surface area (TPSA) is 18.5 Å². The molecule has 0 radical (unpaired) electrons. The molecule has 0 spiro atoms. The summed E-state index contributed by atoms with van der Waals surface area (Å²) in [6.07, 6.45) is 4.27. The molecule has 2 saturated heterocycles. The Morgan fingerprint density at radius 1 is 1.00 bits per heavy atom. The second-order valence-electron chi connectivity index (χ2n) is 5.06. The van der Waals surface area contributed by atoms with Gasteiger partial charge in [0, 0.05) is 38.8 Å².